The minimum Gasteiger partial charge on any atom is -0.343 e. The van der Waals surface area contributed by atoms with Gasteiger partial charge in [0.15, 0.2) is 0 Å². The fourth-order valence-electron chi connectivity index (χ4n) is 4.29. The molecule has 0 aliphatic heterocycles. The molecule has 2 aromatic rings. The minimum atomic E-state index is -0.797. The highest BCUT2D eigenvalue weighted by molar-refractivity contribution is 5.30. The first-order chi connectivity index (χ1) is 14.5. The van der Waals surface area contributed by atoms with Crippen LogP contribution in [0.25, 0.3) is 0 Å². The molecule has 0 saturated carbocycles. The van der Waals surface area contributed by atoms with Crippen LogP contribution in [-0.4, -0.2) is 12.2 Å². The maximum Gasteiger partial charge on any atom is 0.202 e. The van der Waals surface area contributed by atoms with Gasteiger partial charge in [0.25, 0.3) is 0 Å². The molecule has 0 saturated heterocycles. The Morgan fingerprint density at radius 1 is 0.667 bits per heavy atom. The average molecular weight is 411 g/mol. The Morgan fingerprint density at radius 2 is 1.17 bits per heavy atom. The fraction of sp³-hybridized carbons (Fsp3) is 0.571. The Hall–Kier alpha value is -1.64. The van der Waals surface area contributed by atoms with Crippen molar-refractivity contribution in [3.63, 3.8) is 0 Å². The van der Waals surface area contributed by atoms with Crippen LogP contribution in [0.5, 0.6) is 0 Å². The lowest BCUT2D eigenvalue weighted by atomic mass is 9.81. The number of unbranched alkanes of at least 4 members (excludes halogenated alkanes) is 5. The van der Waals surface area contributed by atoms with Crippen molar-refractivity contribution < 1.29 is 9.47 Å². The second kappa shape index (κ2) is 12.9. The van der Waals surface area contributed by atoms with Crippen LogP contribution in [0.3, 0.4) is 0 Å². The first-order valence-corrected chi connectivity index (χ1v) is 12.0. The molecule has 0 bridgehead atoms. The van der Waals surface area contributed by atoms with Crippen LogP contribution in [0.4, 0.5) is 0 Å². The lowest BCUT2D eigenvalue weighted by Gasteiger charge is -2.43. The van der Waals surface area contributed by atoms with Gasteiger partial charge in [0.1, 0.15) is 0 Å². The Bertz CT molecular complexity index is 668. The van der Waals surface area contributed by atoms with Crippen molar-refractivity contribution in [3.8, 4) is 0 Å². The smallest absolute Gasteiger partial charge is 0.202 e. The second-order valence-electron chi connectivity index (χ2n) is 8.89. The number of benzene rings is 2. The van der Waals surface area contributed by atoms with E-state index in [1.54, 1.807) is 0 Å². The van der Waals surface area contributed by atoms with Crippen LogP contribution in [0.15, 0.2) is 60.7 Å². The summed E-state index contributed by atoms with van der Waals surface area (Å²) >= 11 is 0. The van der Waals surface area contributed by atoms with Crippen molar-refractivity contribution >= 4 is 0 Å². The summed E-state index contributed by atoms with van der Waals surface area (Å²) in [7, 11) is 0. The van der Waals surface area contributed by atoms with Crippen molar-refractivity contribution in [1.82, 2.24) is 0 Å². The molecule has 0 aliphatic carbocycles. The molecule has 0 fully saturated rings. The van der Waals surface area contributed by atoms with Crippen LogP contribution >= 0.6 is 0 Å². The van der Waals surface area contributed by atoms with Crippen LogP contribution in [0, 0.1) is 0 Å². The maximum absolute atomic E-state index is 6.72. The van der Waals surface area contributed by atoms with Crippen molar-refractivity contribution in [1.29, 1.82) is 0 Å². The van der Waals surface area contributed by atoms with Gasteiger partial charge in [-0.2, -0.15) is 0 Å². The Labute approximate surface area is 185 Å². The molecule has 30 heavy (non-hydrogen) atoms. The van der Waals surface area contributed by atoms with Gasteiger partial charge in [-0.15, -0.1) is 0 Å². The molecule has 0 amide bonds. The van der Waals surface area contributed by atoms with E-state index in [1.165, 1.54) is 44.1 Å². The molecule has 0 aliphatic rings. The normalized spacial score (nSPS) is 13.2. The third-order valence-corrected chi connectivity index (χ3v) is 5.50. The minimum absolute atomic E-state index is 0.0553. The zero-order valence-corrected chi connectivity index (χ0v) is 19.8. The summed E-state index contributed by atoms with van der Waals surface area (Å²) < 4.78 is 13.4. The molecule has 2 rings (SSSR count). The van der Waals surface area contributed by atoms with E-state index in [1.807, 2.05) is 0 Å². The quantitative estimate of drug-likeness (QED) is 0.231. The standard InChI is InChI=1S/C28H42O2/c1-6-7-8-9-10-17-22-27(25-18-13-11-14-19-25)28(29-23(2)3,30-24(4)5)26-20-15-12-16-21-26/h11-16,18-21,23-24,27H,6-10,17,22H2,1-5H3. The average Bonchev–Trinajstić information content (AvgIpc) is 2.73. The summed E-state index contributed by atoms with van der Waals surface area (Å²) in [6.45, 7) is 10.7. The molecule has 2 heteroatoms. The van der Waals surface area contributed by atoms with Gasteiger partial charge in [-0.1, -0.05) is 106 Å². The number of hydrogen-bond acceptors (Lipinski definition) is 2. The van der Waals surface area contributed by atoms with Gasteiger partial charge < -0.3 is 9.47 Å². The molecule has 0 spiro atoms. The molecule has 0 radical (unpaired) electrons. The zero-order valence-electron chi connectivity index (χ0n) is 19.8. The zero-order chi connectivity index (χ0) is 21.8. The van der Waals surface area contributed by atoms with Gasteiger partial charge in [-0.05, 0) is 39.7 Å². The SMILES string of the molecule is CCCCCCCCC(c1ccccc1)C(OC(C)C)(OC(C)C)c1ccccc1. The van der Waals surface area contributed by atoms with Gasteiger partial charge >= 0.3 is 0 Å². The predicted octanol–water partition coefficient (Wildman–Crippen LogP) is 8.22. The lowest BCUT2D eigenvalue weighted by molar-refractivity contribution is -0.292. The largest absolute Gasteiger partial charge is 0.343 e. The van der Waals surface area contributed by atoms with E-state index < -0.39 is 5.79 Å². The van der Waals surface area contributed by atoms with Gasteiger partial charge in [0.2, 0.25) is 5.79 Å². The van der Waals surface area contributed by atoms with Gasteiger partial charge in [0, 0.05) is 11.5 Å². The second-order valence-corrected chi connectivity index (χ2v) is 8.89. The van der Waals surface area contributed by atoms with E-state index in [0.717, 1.165) is 12.0 Å². The third kappa shape index (κ3) is 7.25. The highest BCUT2D eigenvalue weighted by Crippen LogP contribution is 2.46. The lowest BCUT2D eigenvalue weighted by Crippen LogP contribution is -2.43. The molecule has 2 aromatic carbocycles. The van der Waals surface area contributed by atoms with E-state index in [0.29, 0.717) is 0 Å². The van der Waals surface area contributed by atoms with Crippen molar-refractivity contribution in [2.45, 2.75) is 103 Å². The van der Waals surface area contributed by atoms with Crippen LogP contribution in [0.2, 0.25) is 0 Å². The van der Waals surface area contributed by atoms with E-state index in [4.69, 9.17) is 9.47 Å². The van der Waals surface area contributed by atoms with E-state index in [9.17, 15) is 0 Å². The Balaban J connectivity index is 2.42. The summed E-state index contributed by atoms with van der Waals surface area (Å²) in [5, 5.41) is 0. The summed E-state index contributed by atoms with van der Waals surface area (Å²) in [5.41, 5.74) is 2.39. The molecule has 1 unspecified atom stereocenters. The van der Waals surface area contributed by atoms with Gasteiger partial charge in [-0.25, -0.2) is 0 Å². The summed E-state index contributed by atoms with van der Waals surface area (Å²) in [5.74, 6) is -0.661. The topological polar surface area (TPSA) is 18.5 Å². The van der Waals surface area contributed by atoms with E-state index >= 15 is 0 Å². The summed E-state index contributed by atoms with van der Waals surface area (Å²) in [6, 6.07) is 21.3. The molecular weight excluding hydrogens is 368 g/mol. The van der Waals surface area contributed by atoms with Gasteiger partial charge in [-0.3, -0.25) is 0 Å². The fourth-order valence-corrected chi connectivity index (χ4v) is 4.29. The first-order valence-electron chi connectivity index (χ1n) is 12.0. The molecule has 0 heterocycles. The van der Waals surface area contributed by atoms with Crippen LogP contribution in [-0.2, 0) is 15.3 Å². The monoisotopic (exact) mass is 410 g/mol. The van der Waals surface area contributed by atoms with Gasteiger partial charge in [0.05, 0.1) is 12.2 Å². The molecule has 0 aromatic heterocycles. The van der Waals surface area contributed by atoms with Crippen molar-refractivity contribution in [2.24, 2.45) is 0 Å². The summed E-state index contributed by atoms with van der Waals surface area (Å²) in [6.07, 6.45) is 8.87. The molecule has 166 valence electrons. The molecule has 2 nitrogen and oxygen atoms in total. The molecule has 1 atom stereocenters. The van der Waals surface area contributed by atoms with Crippen molar-refractivity contribution in [2.75, 3.05) is 0 Å². The Kier molecular flexibility index (Phi) is 10.6. The highest BCUT2D eigenvalue weighted by atomic mass is 16.7. The Morgan fingerprint density at radius 3 is 1.70 bits per heavy atom. The number of rotatable bonds is 14. The third-order valence-electron chi connectivity index (χ3n) is 5.50. The maximum atomic E-state index is 6.72. The van der Waals surface area contributed by atoms with Crippen LogP contribution in [0.1, 0.15) is 96.6 Å². The summed E-state index contributed by atoms with van der Waals surface area (Å²) in [4.78, 5) is 0. The van der Waals surface area contributed by atoms with Crippen molar-refractivity contribution in [3.05, 3.63) is 71.8 Å². The molecule has 0 N–H and O–H groups in total. The predicted molar refractivity (Wildman–Crippen MR) is 128 cm³/mol. The molecular formula is C28H42O2. The first kappa shape index (κ1) is 24.6. The number of ether oxygens (including phenoxy) is 2. The van der Waals surface area contributed by atoms with E-state index in [2.05, 4.69) is 95.3 Å². The van der Waals surface area contributed by atoms with E-state index in [-0.39, 0.29) is 18.1 Å². The highest BCUT2D eigenvalue weighted by Gasteiger charge is 2.45. The number of hydrogen-bond donors (Lipinski definition) is 0. The van der Waals surface area contributed by atoms with Crippen LogP contribution < -0.4 is 0 Å².